The van der Waals surface area contributed by atoms with Gasteiger partial charge in [0.05, 0.1) is 0 Å². The van der Waals surface area contributed by atoms with Gasteiger partial charge in [0.15, 0.2) is 0 Å². The summed E-state index contributed by atoms with van der Waals surface area (Å²) in [5, 5.41) is 0. The Bertz CT molecular complexity index is 429. The molecule has 0 bridgehead atoms. The predicted molar refractivity (Wildman–Crippen MR) is 41.5 cm³/mol. The summed E-state index contributed by atoms with van der Waals surface area (Å²) in [6.07, 6.45) is 0. The van der Waals surface area contributed by atoms with E-state index in [2.05, 4.69) is 58.8 Å². The van der Waals surface area contributed by atoms with Crippen LogP contribution in [0, 0.1) is 0 Å². The summed E-state index contributed by atoms with van der Waals surface area (Å²) in [6.45, 7) is 0. The molecule has 0 aliphatic carbocycles. The van der Waals surface area contributed by atoms with Crippen LogP contribution in [0.25, 0.3) is 0 Å². The zero-order valence-corrected chi connectivity index (χ0v) is 12.3. The molecule has 9 heteroatoms. The Morgan fingerprint density at radius 1 is 1.00 bits per heavy atom. The van der Waals surface area contributed by atoms with Crippen LogP contribution in [-0.4, -0.2) is 0 Å². The second-order valence-electron chi connectivity index (χ2n) is 0.263. The maximum atomic E-state index is 3.76. The van der Waals surface area contributed by atoms with Gasteiger partial charge < -0.3 is 0 Å². The minimum atomic E-state index is -0.521. The molecule has 0 radical (unpaired) electrons. The molecule has 0 fully saturated rings. The summed E-state index contributed by atoms with van der Waals surface area (Å²) in [4.78, 5) is 0. The fourth-order valence-electron chi connectivity index (χ4n) is 0. The van der Waals surface area contributed by atoms with Gasteiger partial charge in [-0.15, -0.1) is 0 Å². The van der Waals surface area contributed by atoms with Gasteiger partial charge >= 0.3 is 81.3 Å². The van der Waals surface area contributed by atoms with E-state index in [4.69, 9.17) is 0 Å². The third-order valence-corrected chi connectivity index (χ3v) is 0. The Labute approximate surface area is 80.4 Å². The van der Waals surface area contributed by atoms with Crippen LogP contribution in [0.3, 0.4) is 0 Å². The number of hydrogen-bond acceptors (Lipinski definition) is 0. The molecule has 0 aliphatic heterocycles. The molecule has 0 unspecified atom stereocenters. The second-order valence-corrected chi connectivity index (χ2v) is 9.77. The van der Waals surface area contributed by atoms with Gasteiger partial charge in [0.1, 0.15) is 0 Å². The van der Waals surface area contributed by atoms with Crippen molar-refractivity contribution in [2.24, 2.45) is 0 Å². The van der Waals surface area contributed by atoms with E-state index in [0.29, 0.717) is 0 Å². The van der Waals surface area contributed by atoms with Crippen molar-refractivity contribution in [1.29, 1.82) is 0 Å². The molecule has 0 saturated carbocycles. The van der Waals surface area contributed by atoms with Crippen LogP contribution < -0.4 is 0 Å². The molecule has 56 valence electrons. The van der Waals surface area contributed by atoms with Crippen LogP contribution in [0.2, 0.25) is 0 Å². The molecule has 0 aromatic rings. The van der Waals surface area contributed by atoms with Crippen LogP contribution in [0.4, 0.5) is 0 Å². The van der Waals surface area contributed by atoms with Gasteiger partial charge in [-0.25, -0.2) is 0 Å². The average molecular weight is 358 g/mol. The van der Waals surface area contributed by atoms with E-state index in [-0.39, 0.29) is 0 Å². The Morgan fingerprint density at radius 2 is 1.00 bits per heavy atom. The van der Waals surface area contributed by atoms with E-state index in [0.717, 1.165) is 12.2 Å². The van der Waals surface area contributed by atoms with Crippen molar-refractivity contribution in [3.8, 4) is 0 Å². The van der Waals surface area contributed by atoms with Crippen molar-refractivity contribution in [2.75, 3.05) is 0 Å². The number of hydrogen-bond donors (Lipinski definition) is 0. The van der Waals surface area contributed by atoms with Crippen molar-refractivity contribution in [2.45, 2.75) is 0 Å². The molecule has 0 rings (SSSR count). The van der Waals surface area contributed by atoms with Crippen LogP contribution in [0.5, 0.6) is 0 Å². The zero-order valence-electron chi connectivity index (χ0n) is 3.71. The molecule has 0 N–H and O–H groups in total. The maximum absolute atomic E-state index is 3.76. The molecule has 0 heterocycles. The first-order valence-electron chi connectivity index (χ1n) is 0.899. The minimum absolute atomic E-state index is 0.521. The molecular formula is CoMnNiP6. The van der Waals surface area contributed by atoms with E-state index in [1.54, 1.807) is 0 Å². The standard InChI is InChI=1S/Co.Mn.Ni.6P. The van der Waals surface area contributed by atoms with Gasteiger partial charge in [0.2, 0.25) is 0 Å². The summed E-state index contributed by atoms with van der Waals surface area (Å²) in [6, 6.07) is 0. The summed E-state index contributed by atoms with van der Waals surface area (Å²) >= 11 is 3.65. The molecule has 0 atom stereocenters. The topological polar surface area (TPSA) is 0 Å². The van der Waals surface area contributed by atoms with Crippen LogP contribution >= 0.6 is 44.0 Å². The van der Waals surface area contributed by atoms with E-state index in [1.165, 1.54) is 0 Å². The van der Waals surface area contributed by atoms with Gasteiger partial charge in [-0.2, -0.15) is 0 Å². The van der Waals surface area contributed by atoms with Gasteiger partial charge in [0, 0.05) is 0 Å². The third-order valence-electron chi connectivity index (χ3n) is 0. The molecule has 9 heavy (non-hydrogen) atoms. The van der Waals surface area contributed by atoms with Crippen molar-refractivity contribution in [1.82, 2.24) is 0 Å². The third kappa shape index (κ3) is 73.4. The fraction of sp³-hybridized carbons (Fsp3) is 0. The van der Waals surface area contributed by atoms with Gasteiger partial charge in [0.25, 0.3) is 0 Å². The molecule has 0 nitrogen and oxygen atoms in total. The summed E-state index contributed by atoms with van der Waals surface area (Å²) < 4.78 is 0. The SMILES string of the molecule is [P]#[Co](#[P])#[P].[P]#[Mn].[P]#[Ni]#[P]. The molecule has 0 saturated heterocycles. The van der Waals surface area contributed by atoms with Gasteiger partial charge in [-0.1, -0.05) is 0 Å². The predicted octanol–water partition coefficient (Wildman–Crippen LogP) is 5.16. The normalized spacial score (nSPS) is 4.22. The first-order valence-corrected chi connectivity index (χ1v) is 11.1. The molecule has 0 aliphatic rings. The molecule has 0 aromatic carbocycles. The Kier molecular flexibility index (Phi) is 47.5. The fourth-order valence-corrected chi connectivity index (χ4v) is 0. The quantitative estimate of drug-likeness (QED) is 0.414. The second kappa shape index (κ2) is 22.7. The van der Waals surface area contributed by atoms with Crippen molar-refractivity contribution < 1.29 is 37.4 Å². The van der Waals surface area contributed by atoms with Crippen molar-refractivity contribution in [3.63, 3.8) is 0 Å². The van der Waals surface area contributed by atoms with Crippen LogP contribution in [0.15, 0.2) is 0 Å². The van der Waals surface area contributed by atoms with Crippen LogP contribution in [0.1, 0.15) is 0 Å². The monoisotopic (exact) mass is 358 g/mol. The Hall–Kier alpha value is 4.10. The molecule has 0 spiro atoms. The van der Waals surface area contributed by atoms with E-state index >= 15 is 0 Å². The summed E-state index contributed by atoms with van der Waals surface area (Å²) in [5.74, 6) is 0. The van der Waals surface area contributed by atoms with Gasteiger partial charge in [-0.05, 0) is 0 Å². The first kappa shape index (κ1) is 18.8. The molecule has 0 amide bonds. The zero-order chi connectivity index (χ0) is 8.28. The average Bonchev–Trinajstić information content (AvgIpc) is 1.71. The van der Waals surface area contributed by atoms with Crippen molar-refractivity contribution in [3.05, 3.63) is 0 Å². The van der Waals surface area contributed by atoms with Crippen molar-refractivity contribution >= 4 is 44.0 Å². The van der Waals surface area contributed by atoms with Crippen LogP contribution in [-0.2, 0) is 37.4 Å². The summed E-state index contributed by atoms with van der Waals surface area (Å²) in [7, 11) is 21.3. The van der Waals surface area contributed by atoms with E-state index < -0.39 is 10.3 Å². The number of rotatable bonds is 0. The summed E-state index contributed by atoms with van der Waals surface area (Å²) in [5.41, 5.74) is 0. The Balaban J connectivity index is -0.0000000646. The molecule has 0 aromatic heterocycles. The van der Waals surface area contributed by atoms with E-state index in [9.17, 15) is 0 Å². The van der Waals surface area contributed by atoms with E-state index in [1.807, 2.05) is 0 Å². The molecular weight excluding hydrogens is 358 g/mol. The first-order chi connectivity index (χ1) is 4.15. The Morgan fingerprint density at radius 3 is 1.00 bits per heavy atom. The van der Waals surface area contributed by atoms with Gasteiger partial charge in [-0.3, -0.25) is 0 Å².